The molecule has 0 aromatic heterocycles. The monoisotopic (exact) mass is 580 g/mol. The van der Waals surface area contributed by atoms with Crippen molar-refractivity contribution in [2.24, 2.45) is 11.8 Å². The summed E-state index contributed by atoms with van der Waals surface area (Å²) in [4.78, 5) is 41.3. The molecule has 2 aromatic carbocycles. The highest BCUT2D eigenvalue weighted by Gasteiger charge is 2.38. The van der Waals surface area contributed by atoms with E-state index in [2.05, 4.69) is 29.6 Å². The Bertz CT molecular complexity index is 1190. The summed E-state index contributed by atoms with van der Waals surface area (Å²) in [6.07, 6.45) is -0.449. The maximum atomic E-state index is 13.9. The number of esters is 1. The number of likely N-dealkylation sites (N-methyl/N-ethyl adjacent to an activating group) is 1. The predicted octanol–water partition coefficient (Wildman–Crippen LogP) is 6.17. The van der Waals surface area contributed by atoms with E-state index in [0.29, 0.717) is 0 Å². The van der Waals surface area contributed by atoms with Crippen LogP contribution in [-0.4, -0.2) is 67.4 Å². The fourth-order valence-corrected chi connectivity index (χ4v) is 5.78. The van der Waals surface area contributed by atoms with Crippen LogP contribution in [0.25, 0.3) is 11.1 Å². The third kappa shape index (κ3) is 7.91. The van der Waals surface area contributed by atoms with Crippen LogP contribution >= 0.6 is 0 Å². The van der Waals surface area contributed by atoms with Gasteiger partial charge in [0, 0.05) is 20.1 Å². The van der Waals surface area contributed by atoms with E-state index in [9.17, 15) is 14.4 Å². The normalized spacial score (nSPS) is 15.7. The molecular weight excluding hydrogens is 532 g/mol. The predicted molar refractivity (Wildman–Crippen MR) is 164 cm³/mol. The Morgan fingerprint density at radius 1 is 0.952 bits per heavy atom. The van der Waals surface area contributed by atoms with Crippen molar-refractivity contribution in [2.45, 2.75) is 91.0 Å². The molecule has 8 nitrogen and oxygen atoms in total. The van der Waals surface area contributed by atoms with Crippen LogP contribution in [0.15, 0.2) is 48.5 Å². The number of amides is 2. The first-order chi connectivity index (χ1) is 19.8. The van der Waals surface area contributed by atoms with E-state index < -0.39 is 29.9 Å². The largest absolute Gasteiger partial charge is 0.460 e. The quantitative estimate of drug-likeness (QED) is 0.302. The van der Waals surface area contributed by atoms with Gasteiger partial charge in [-0.25, -0.2) is 4.79 Å². The number of ether oxygens (including phenoxy) is 3. The molecule has 1 aliphatic carbocycles. The van der Waals surface area contributed by atoms with Crippen LogP contribution in [0.1, 0.15) is 78.4 Å². The molecule has 0 saturated heterocycles. The van der Waals surface area contributed by atoms with Crippen molar-refractivity contribution in [1.82, 2.24) is 10.2 Å². The average molecular weight is 581 g/mol. The van der Waals surface area contributed by atoms with E-state index in [-0.39, 0.29) is 42.7 Å². The lowest BCUT2D eigenvalue weighted by Crippen LogP contribution is -2.57. The van der Waals surface area contributed by atoms with Crippen LogP contribution in [0.2, 0.25) is 0 Å². The second-order valence-corrected chi connectivity index (χ2v) is 12.6. The van der Waals surface area contributed by atoms with E-state index in [1.807, 2.05) is 72.7 Å². The first kappa shape index (κ1) is 33.1. The molecule has 3 rings (SSSR count). The fraction of sp³-hybridized carbons (Fsp3) is 0.559. The van der Waals surface area contributed by atoms with Crippen LogP contribution in [0.5, 0.6) is 0 Å². The molecule has 2 aromatic rings. The summed E-state index contributed by atoms with van der Waals surface area (Å²) >= 11 is 0. The standard InChI is InChI=1S/C34H48N2O6/c1-10-22(4)31(28(40-9)19-29(37)42-34(5,6)7)36(8)32(38)30(21(2)3)35-33(39)41-20-27-25-17-13-11-15-23(25)24-16-12-14-18-26(24)27/h11-18,21-22,27-28,30-31H,10,19-20H2,1-9H3,(H,35,39)/t22-,28-,30+,31+/m1/s1. The lowest BCUT2D eigenvalue weighted by Gasteiger charge is -2.39. The fourth-order valence-electron chi connectivity index (χ4n) is 5.78. The van der Waals surface area contributed by atoms with Gasteiger partial charge in [-0.05, 0) is 54.9 Å². The number of carbonyl (C=O) groups is 3. The van der Waals surface area contributed by atoms with Gasteiger partial charge < -0.3 is 24.4 Å². The van der Waals surface area contributed by atoms with E-state index in [0.717, 1.165) is 28.7 Å². The molecule has 42 heavy (non-hydrogen) atoms. The van der Waals surface area contributed by atoms with Crippen LogP contribution < -0.4 is 5.32 Å². The lowest BCUT2D eigenvalue weighted by molar-refractivity contribution is -0.160. The first-order valence-corrected chi connectivity index (χ1v) is 14.9. The smallest absolute Gasteiger partial charge is 0.407 e. The number of methoxy groups -OCH3 is 1. The number of rotatable bonds is 12. The Labute approximate surface area is 251 Å². The van der Waals surface area contributed by atoms with Crippen molar-refractivity contribution in [3.63, 3.8) is 0 Å². The summed E-state index contributed by atoms with van der Waals surface area (Å²) in [7, 11) is 3.24. The van der Waals surface area contributed by atoms with Gasteiger partial charge in [-0.1, -0.05) is 82.6 Å². The van der Waals surface area contributed by atoms with Crippen molar-refractivity contribution < 1.29 is 28.6 Å². The highest BCUT2D eigenvalue weighted by atomic mass is 16.6. The zero-order valence-corrected chi connectivity index (χ0v) is 26.6. The minimum atomic E-state index is -0.823. The molecule has 4 atom stereocenters. The van der Waals surface area contributed by atoms with Gasteiger partial charge >= 0.3 is 12.1 Å². The molecule has 0 aliphatic heterocycles. The molecule has 1 N–H and O–H groups in total. The number of carbonyl (C=O) groups excluding carboxylic acids is 3. The number of fused-ring (bicyclic) bond motifs is 3. The van der Waals surface area contributed by atoms with Gasteiger partial charge in [-0.2, -0.15) is 0 Å². The van der Waals surface area contributed by atoms with Gasteiger partial charge in [0.2, 0.25) is 5.91 Å². The number of benzene rings is 2. The molecule has 0 radical (unpaired) electrons. The zero-order chi connectivity index (χ0) is 31.2. The Hall–Kier alpha value is -3.39. The van der Waals surface area contributed by atoms with E-state index in [1.165, 1.54) is 7.11 Å². The van der Waals surface area contributed by atoms with Crippen LogP contribution in [0.4, 0.5) is 4.79 Å². The summed E-state index contributed by atoms with van der Waals surface area (Å²) in [5.41, 5.74) is 3.91. The molecular formula is C34H48N2O6. The maximum absolute atomic E-state index is 13.9. The minimum Gasteiger partial charge on any atom is -0.460 e. The van der Waals surface area contributed by atoms with E-state index in [1.54, 1.807) is 11.9 Å². The molecule has 8 heteroatoms. The van der Waals surface area contributed by atoms with Crippen molar-refractivity contribution in [1.29, 1.82) is 0 Å². The average Bonchev–Trinajstić information content (AvgIpc) is 3.26. The highest BCUT2D eigenvalue weighted by Crippen LogP contribution is 2.44. The zero-order valence-electron chi connectivity index (χ0n) is 26.6. The summed E-state index contributed by atoms with van der Waals surface area (Å²) in [6, 6.07) is 15.1. The Morgan fingerprint density at radius 3 is 1.98 bits per heavy atom. The second-order valence-electron chi connectivity index (χ2n) is 12.6. The number of nitrogens with one attached hydrogen (secondary N) is 1. The van der Waals surface area contributed by atoms with E-state index in [4.69, 9.17) is 14.2 Å². The van der Waals surface area contributed by atoms with Gasteiger partial charge in [0.25, 0.3) is 0 Å². The summed E-state index contributed by atoms with van der Waals surface area (Å²) in [6.45, 7) is 13.4. The molecule has 0 fully saturated rings. The van der Waals surface area contributed by atoms with Crippen molar-refractivity contribution in [2.75, 3.05) is 20.8 Å². The third-order valence-corrected chi connectivity index (χ3v) is 8.04. The summed E-state index contributed by atoms with van der Waals surface area (Å²) in [5, 5.41) is 2.82. The third-order valence-electron chi connectivity index (χ3n) is 8.04. The number of hydrogen-bond donors (Lipinski definition) is 1. The Balaban J connectivity index is 1.72. The van der Waals surface area contributed by atoms with Gasteiger partial charge in [0.1, 0.15) is 18.2 Å². The number of nitrogens with zero attached hydrogens (tertiary/aromatic N) is 1. The molecule has 0 unspecified atom stereocenters. The van der Waals surface area contributed by atoms with E-state index >= 15 is 0 Å². The SMILES string of the molecule is CC[C@@H](C)[C@@H]([C@@H](CC(=O)OC(C)(C)C)OC)N(C)C(=O)[C@@H](NC(=O)OCC1c2ccccc2-c2ccccc21)C(C)C. The Morgan fingerprint density at radius 2 is 1.50 bits per heavy atom. The molecule has 0 heterocycles. The van der Waals surface area contributed by atoms with Gasteiger partial charge in [-0.15, -0.1) is 0 Å². The molecule has 2 amide bonds. The topological polar surface area (TPSA) is 94.2 Å². The molecule has 0 bridgehead atoms. The Kier molecular flexibility index (Phi) is 11.2. The van der Waals surface area contributed by atoms with Crippen molar-refractivity contribution >= 4 is 18.0 Å². The molecule has 1 aliphatic rings. The number of hydrogen-bond acceptors (Lipinski definition) is 6. The second kappa shape index (κ2) is 14.2. The van der Waals surface area contributed by atoms with Crippen LogP contribution in [0, 0.1) is 11.8 Å². The maximum Gasteiger partial charge on any atom is 0.407 e. The highest BCUT2D eigenvalue weighted by molar-refractivity contribution is 5.86. The van der Waals surface area contributed by atoms with Crippen LogP contribution in [0.3, 0.4) is 0 Å². The summed E-state index contributed by atoms with van der Waals surface area (Å²) < 4.78 is 17.0. The van der Waals surface area contributed by atoms with Crippen molar-refractivity contribution in [3.05, 3.63) is 59.7 Å². The lowest BCUT2D eigenvalue weighted by atomic mass is 9.90. The first-order valence-electron chi connectivity index (χ1n) is 14.9. The summed E-state index contributed by atoms with van der Waals surface area (Å²) in [5.74, 6) is -0.918. The molecule has 230 valence electrons. The molecule has 0 saturated carbocycles. The minimum absolute atomic E-state index is 0.00650. The van der Waals surface area contributed by atoms with Crippen LogP contribution in [-0.2, 0) is 23.8 Å². The molecule has 0 spiro atoms. The van der Waals surface area contributed by atoms with Gasteiger partial charge in [0.05, 0.1) is 18.6 Å². The van der Waals surface area contributed by atoms with Gasteiger partial charge in [0.15, 0.2) is 0 Å². The van der Waals surface area contributed by atoms with Gasteiger partial charge in [-0.3, -0.25) is 9.59 Å². The van der Waals surface area contributed by atoms with Crippen molar-refractivity contribution in [3.8, 4) is 11.1 Å². The number of alkyl carbamates (subject to hydrolysis) is 1.